The molecule has 0 amide bonds. The van der Waals surface area contributed by atoms with Crippen LogP contribution in [0.3, 0.4) is 0 Å². The molecule has 0 radical (unpaired) electrons. The van der Waals surface area contributed by atoms with Crippen molar-refractivity contribution in [1.29, 1.82) is 0 Å². The van der Waals surface area contributed by atoms with Crippen LogP contribution >= 0.6 is 0 Å². The molecule has 0 fully saturated rings. The van der Waals surface area contributed by atoms with E-state index in [1.54, 1.807) is 4.98 Å². The molecule has 76 valence electrons. The summed E-state index contributed by atoms with van der Waals surface area (Å²) in [4.78, 5) is 24.0. The summed E-state index contributed by atoms with van der Waals surface area (Å²) in [5.74, 6) is -0.991. The summed E-state index contributed by atoms with van der Waals surface area (Å²) in [5, 5.41) is 0. The molecular weight excluding hydrogens is 277 g/mol. The Morgan fingerprint density at radius 2 is 1.79 bits per heavy atom. The predicted molar refractivity (Wildman–Crippen MR) is 45.7 cm³/mol. The van der Waals surface area contributed by atoms with Crippen LogP contribution in [0.2, 0.25) is 0 Å². The van der Waals surface area contributed by atoms with Crippen molar-refractivity contribution in [3.8, 4) is 0 Å². The van der Waals surface area contributed by atoms with Gasteiger partial charge in [-0.1, -0.05) is 0 Å². The van der Waals surface area contributed by atoms with E-state index in [9.17, 15) is 14.0 Å². The van der Waals surface area contributed by atoms with E-state index in [1.807, 2.05) is 4.98 Å². The van der Waals surface area contributed by atoms with Gasteiger partial charge in [0.2, 0.25) is 5.82 Å². The molecule has 1 aromatic rings. The van der Waals surface area contributed by atoms with Crippen molar-refractivity contribution in [2.45, 2.75) is 0 Å². The van der Waals surface area contributed by atoms with Crippen molar-refractivity contribution >= 4 is 44.0 Å². The fourth-order valence-electron chi connectivity index (χ4n) is 0.393. The molecule has 1 aromatic heterocycles. The number of aromatic amines is 2. The van der Waals surface area contributed by atoms with Crippen LogP contribution in [0.15, 0.2) is 15.8 Å². The van der Waals surface area contributed by atoms with Gasteiger partial charge in [0.05, 0.1) is 0 Å². The van der Waals surface area contributed by atoms with Crippen LogP contribution in [0.25, 0.3) is 0 Å². The zero-order valence-electron chi connectivity index (χ0n) is 5.98. The van der Waals surface area contributed by atoms with E-state index in [0.717, 1.165) is 0 Å². The molecule has 7 nitrogen and oxygen atoms in total. The molecule has 1 rings (SSSR count). The summed E-state index contributed by atoms with van der Waals surface area (Å²) in [7, 11) is 0. The topological polar surface area (TPSA) is 123 Å². The number of halogens is 1. The van der Waals surface area contributed by atoms with Gasteiger partial charge in [0, 0.05) is 6.20 Å². The zero-order valence-corrected chi connectivity index (χ0v) is 7.70. The van der Waals surface area contributed by atoms with Crippen LogP contribution in [0.4, 0.5) is 4.39 Å². The Bertz CT molecular complexity index is 399. The van der Waals surface area contributed by atoms with Gasteiger partial charge < -0.3 is 4.98 Å². The number of nitrogens with one attached hydrogen (secondary N) is 2. The maximum absolute atomic E-state index is 12.0. The van der Waals surface area contributed by atoms with Crippen molar-refractivity contribution in [3.63, 3.8) is 0 Å². The van der Waals surface area contributed by atoms with E-state index in [2.05, 4.69) is 0 Å². The van der Waals surface area contributed by atoms with Gasteiger partial charge >= 0.3 is 62.0 Å². The molecule has 4 N–H and O–H groups in total. The average molecular weight is 283 g/mol. The second-order valence-electron chi connectivity index (χ2n) is 1.65. The summed E-state index contributed by atoms with van der Waals surface area (Å²) in [6, 6.07) is 0. The summed E-state index contributed by atoms with van der Waals surface area (Å²) in [6.07, 6.45) is 0.709. The van der Waals surface area contributed by atoms with E-state index in [-0.39, 0.29) is 29.6 Å². The van der Waals surface area contributed by atoms with Gasteiger partial charge in [-0.15, -0.1) is 0 Å². The second-order valence-corrected chi connectivity index (χ2v) is 2.62. The van der Waals surface area contributed by atoms with E-state index < -0.39 is 31.6 Å². The van der Waals surface area contributed by atoms with E-state index in [1.165, 1.54) is 0 Å². The SMILES string of the molecule is O=[Se](O)O.O=c1[nH]cc(F)c(=O)[nH]1.[NaH]. The standard InChI is InChI=1S/C4H3FN2O2.Na.H2O3Se.H/c5-2-1-6-4(9)7-3(2)8;;1-4(2)3;/h1H,(H2,6,7,8,9);;(H2,1,2,3);. The minimum absolute atomic E-state index is 0. The first kappa shape index (κ1) is 16.3. The van der Waals surface area contributed by atoms with E-state index in [0.29, 0.717) is 6.20 Å². The molecule has 0 unspecified atom stereocenters. The molecule has 0 atom stereocenters. The Morgan fingerprint density at radius 3 is 2.07 bits per heavy atom. The van der Waals surface area contributed by atoms with Gasteiger partial charge in [-0.3, -0.25) is 9.78 Å². The minimum atomic E-state index is -3.29. The van der Waals surface area contributed by atoms with Gasteiger partial charge in [0.1, 0.15) is 0 Å². The number of H-pyrrole nitrogens is 2. The molecule has 0 aliphatic rings. The normalized spacial score (nSPS) is 8.57. The molecule has 0 aliphatic heterocycles. The van der Waals surface area contributed by atoms with Gasteiger partial charge in [0.25, 0.3) is 5.56 Å². The van der Waals surface area contributed by atoms with Crippen LogP contribution in [-0.4, -0.2) is 62.4 Å². The Morgan fingerprint density at radius 1 is 1.36 bits per heavy atom. The first-order valence-corrected chi connectivity index (χ1v) is 4.94. The van der Waals surface area contributed by atoms with Crippen molar-refractivity contribution in [2.24, 2.45) is 0 Å². The third kappa shape index (κ3) is 8.45. The molecule has 0 bridgehead atoms. The molecule has 0 saturated heterocycles. The molecule has 0 aromatic carbocycles. The molecule has 0 saturated carbocycles. The Hall–Kier alpha value is -0.151. The average Bonchev–Trinajstić information content (AvgIpc) is 1.96. The quantitative estimate of drug-likeness (QED) is 0.376. The fourth-order valence-corrected chi connectivity index (χ4v) is 0.393. The number of aromatic nitrogens is 2. The molecule has 10 heteroatoms. The van der Waals surface area contributed by atoms with Gasteiger partial charge in [-0.2, -0.15) is 4.39 Å². The first-order chi connectivity index (χ1) is 5.93. The maximum atomic E-state index is 12.0. The molecule has 1 heterocycles. The van der Waals surface area contributed by atoms with Crippen molar-refractivity contribution in [3.05, 3.63) is 32.9 Å². The molecule has 0 spiro atoms. The molecule has 14 heavy (non-hydrogen) atoms. The van der Waals surface area contributed by atoms with Crippen molar-refractivity contribution in [2.75, 3.05) is 0 Å². The Balaban J connectivity index is 0. The fraction of sp³-hybridized carbons (Fsp3) is 0. The summed E-state index contributed by atoms with van der Waals surface area (Å²) in [5.41, 5.74) is -1.71. The Kier molecular flexibility index (Phi) is 9.52. The van der Waals surface area contributed by atoms with Crippen LogP contribution in [-0.2, 0) is 3.83 Å². The molecule has 0 aliphatic carbocycles. The van der Waals surface area contributed by atoms with Gasteiger partial charge in [0.15, 0.2) is 0 Å². The van der Waals surface area contributed by atoms with Crippen LogP contribution in [0.5, 0.6) is 0 Å². The molecular formula is C4H6FN2NaO5Se. The van der Waals surface area contributed by atoms with E-state index >= 15 is 0 Å². The third-order valence-electron chi connectivity index (χ3n) is 0.774. The predicted octanol–water partition coefficient (Wildman–Crippen LogP) is -3.06. The monoisotopic (exact) mass is 284 g/mol. The van der Waals surface area contributed by atoms with Crippen LogP contribution in [0.1, 0.15) is 0 Å². The van der Waals surface area contributed by atoms with Crippen LogP contribution in [0, 0.1) is 5.82 Å². The van der Waals surface area contributed by atoms with Gasteiger partial charge in [-0.25, -0.2) is 4.79 Å². The summed E-state index contributed by atoms with van der Waals surface area (Å²) < 4.78 is 35.1. The summed E-state index contributed by atoms with van der Waals surface area (Å²) in [6.45, 7) is 0. The first-order valence-electron chi connectivity index (χ1n) is 2.71. The van der Waals surface area contributed by atoms with E-state index in [4.69, 9.17) is 12.2 Å². The number of hydrogen-bond acceptors (Lipinski definition) is 3. The summed E-state index contributed by atoms with van der Waals surface area (Å²) >= 11 is -3.29. The van der Waals surface area contributed by atoms with Crippen molar-refractivity contribution < 1.29 is 16.6 Å². The van der Waals surface area contributed by atoms with Crippen molar-refractivity contribution in [1.82, 2.24) is 9.97 Å². The second kappa shape index (κ2) is 8.18. The van der Waals surface area contributed by atoms with Gasteiger partial charge in [-0.05, 0) is 0 Å². The Labute approximate surface area is 103 Å². The number of hydrogen-bond donors (Lipinski definition) is 4. The van der Waals surface area contributed by atoms with Crippen LogP contribution < -0.4 is 11.2 Å². The zero-order chi connectivity index (χ0) is 10.4. The number of rotatable bonds is 0. The third-order valence-corrected chi connectivity index (χ3v) is 0.774.